The topological polar surface area (TPSA) is 70.1 Å². The molecule has 0 aliphatic carbocycles. The van der Waals surface area contributed by atoms with Crippen LogP contribution in [0, 0.1) is 0 Å². The van der Waals surface area contributed by atoms with Crippen molar-refractivity contribution in [3.63, 3.8) is 0 Å². The van der Waals surface area contributed by atoms with Crippen molar-refractivity contribution in [3.05, 3.63) is 58.1 Å². The maximum atomic E-state index is 6.36. The Morgan fingerprint density at radius 3 is 2.77 bits per heavy atom. The summed E-state index contributed by atoms with van der Waals surface area (Å²) in [5.41, 5.74) is 8.76. The highest BCUT2D eigenvalue weighted by atomic mass is 35.5. The summed E-state index contributed by atoms with van der Waals surface area (Å²) < 4.78 is 2.03. The Morgan fingerprint density at radius 1 is 1.14 bits per heavy atom. The predicted molar refractivity (Wildman–Crippen MR) is 88.3 cm³/mol. The summed E-state index contributed by atoms with van der Waals surface area (Å²) in [6.45, 7) is 0. The third-order valence-corrected chi connectivity index (χ3v) is 4.21. The second-order valence-electron chi connectivity index (χ2n) is 5.04. The van der Waals surface area contributed by atoms with Gasteiger partial charge in [0.25, 0.3) is 5.96 Å². The third-order valence-electron chi connectivity index (χ3n) is 3.65. The summed E-state index contributed by atoms with van der Waals surface area (Å²) in [6.07, 6.45) is -0.350. The standard InChI is InChI=1S/C15H11Cl2N5/c16-8-5-6-9(10(17)7-8)13-20-14(18)21-15-19-11-3-1-2-4-12(11)22(13)15/h1-7,13H,(H3,18,19,20,21)/p+1/t13-/m1/s1. The van der Waals surface area contributed by atoms with Crippen molar-refractivity contribution in [2.24, 2.45) is 10.7 Å². The van der Waals surface area contributed by atoms with Crippen molar-refractivity contribution in [3.8, 4) is 0 Å². The molecular formula is C15H12Cl2N5+. The van der Waals surface area contributed by atoms with Gasteiger partial charge in [-0.3, -0.25) is 0 Å². The molecule has 0 spiro atoms. The zero-order valence-corrected chi connectivity index (χ0v) is 12.9. The minimum Gasteiger partial charge on any atom is -0.357 e. The lowest BCUT2D eigenvalue weighted by molar-refractivity contribution is -0.674. The molecule has 0 saturated carbocycles. The smallest absolute Gasteiger partial charge is 0.357 e. The Bertz CT molecular complexity index is 915. The molecule has 3 aromatic rings. The van der Waals surface area contributed by atoms with Crippen LogP contribution >= 0.6 is 23.2 Å². The van der Waals surface area contributed by atoms with Gasteiger partial charge in [0.15, 0.2) is 0 Å². The second-order valence-corrected chi connectivity index (χ2v) is 5.88. The number of guanidine groups is 1. The van der Waals surface area contributed by atoms with Gasteiger partial charge in [0.1, 0.15) is 11.0 Å². The highest BCUT2D eigenvalue weighted by Crippen LogP contribution is 2.30. The number of H-pyrrole nitrogens is 1. The van der Waals surface area contributed by atoms with E-state index in [-0.39, 0.29) is 6.17 Å². The van der Waals surface area contributed by atoms with Crippen LogP contribution in [0.4, 0.5) is 5.95 Å². The van der Waals surface area contributed by atoms with Gasteiger partial charge >= 0.3 is 5.95 Å². The molecule has 0 bridgehead atoms. The molecule has 5 nitrogen and oxygen atoms in total. The number of halogens is 2. The van der Waals surface area contributed by atoms with E-state index in [9.17, 15) is 0 Å². The first-order valence-electron chi connectivity index (χ1n) is 6.71. The van der Waals surface area contributed by atoms with E-state index in [0.29, 0.717) is 16.0 Å². The van der Waals surface area contributed by atoms with Crippen molar-refractivity contribution >= 4 is 46.1 Å². The maximum Gasteiger partial charge on any atom is 0.365 e. The number of hydrogen-bond acceptors (Lipinski definition) is 3. The number of nitrogens with two attached hydrogens (primary N) is 1. The van der Waals surface area contributed by atoms with Crippen LogP contribution in [0.2, 0.25) is 10.0 Å². The number of imidazole rings is 1. The van der Waals surface area contributed by atoms with Crippen molar-refractivity contribution in [2.75, 3.05) is 5.32 Å². The molecule has 1 aliphatic rings. The van der Waals surface area contributed by atoms with Gasteiger partial charge < -0.3 is 5.73 Å². The third kappa shape index (κ3) is 2.01. The minimum atomic E-state index is -0.350. The highest BCUT2D eigenvalue weighted by molar-refractivity contribution is 6.35. The first-order valence-corrected chi connectivity index (χ1v) is 7.46. The summed E-state index contributed by atoms with van der Waals surface area (Å²) in [5, 5.41) is 4.19. The summed E-state index contributed by atoms with van der Waals surface area (Å²) in [6, 6.07) is 13.3. The Kier molecular flexibility index (Phi) is 2.99. The number of hydrogen-bond donors (Lipinski definition) is 3. The van der Waals surface area contributed by atoms with E-state index in [0.717, 1.165) is 22.5 Å². The van der Waals surface area contributed by atoms with E-state index in [1.165, 1.54) is 0 Å². The van der Waals surface area contributed by atoms with Gasteiger partial charge in [-0.05, 0) is 24.3 Å². The lowest BCUT2D eigenvalue weighted by Crippen LogP contribution is -2.48. The average Bonchev–Trinajstić information content (AvgIpc) is 2.84. The lowest BCUT2D eigenvalue weighted by Gasteiger charge is -2.19. The average molecular weight is 333 g/mol. The molecule has 7 heteroatoms. The van der Waals surface area contributed by atoms with Crippen LogP contribution < -0.4 is 15.6 Å². The zero-order valence-electron chi connectivity index (χ0n) is 11.3. The number of nitrogens with zero attached hydrogens (tertiary/aromatic N) is 2. The second kappa shape index (κ2) is 4.90. The minimum absolute atomic E-state index is 0.336. The molecule has 0 amide bonds. The quantitative estimate of drug-likeness (QED) is 0.599. The molecule has 1 atom stereocenters. The van der Waals surface area contributed by atoms with Gasteiger partial charge in [-0.2, -0.15) is 4.99 Å². The molecule has 110 valence electrons. The molecule has 0 saturated heterocycles. The molecule has 22 heavy (non-hydrogen) atoms. The number of nitrogens with one attached hydrogen (secondary N) is 2. The summed E-state index contributed by atoms with van der Waals surface area (Å²) in [4.78, 5) is 7.80. The molecule has 0 unspecified atom stereocenters. The molecule has 0 radical (unpaired) electrons. The van der Waals surface area contributed by atoms with Crippen LogP contribution in [0.25, 0.3) is 11.0 Å². The molecule has 0 fully saturated rings. The number of anilines is 1. The Balaban J connectivity index is 1.98. The van der Waals surface area contributed by atoms with Crippen molar-refractivity contribution in [1.82, 2.24) is 4.98 Å². The summed E-state index contributed by atoms with van der Waals surface area (Å²) >= 11 is 12.3. The zero-order chi connectivity index (χ0) is 15.3. The Hall–Kier alpha value is -2.24. The lowest BCUT2D eigenvalue weighted by atomic mass is 10.1. The number of aliphatic imine (C=N–C) groups is 1. The summed E-state index contributed by atoms with van der Waals surface area (Å²) in [7, 11) is 0. The van der Waals surface area contributed by atoms with Gasteiger partial charge in [0.05, 0.1) is 5.02 Å². The number of fused-ring (bicyclic) bond motifs is 3. The monoisotopic (exact) mass is 332 g/mol. The number of rotatable bonds is 1. The normalized spacial score (nSPS) is 17.0. The fourth-order valence-corrected chi connectivity index (χ4v) is 3.21. The number of aromatic nitrogens is 2. The highest BCUT2D eigenvalue weighted by Gasteiger charge is 2.32. The van der Waals surface area contributed by atoms with Crippen LogP contribution in [0.15, 0.2) is 47.5 Å². The number of aromatic amines is 1. The molecular weight excluding hydrogens is 321 g/mol. The van der Waals surface area contributed by atoms with Gasteiger partial charge in [-0.25, -0.2) is 14.9 Å². The van der Waals surface area contributed by atoms with Crippen molar-refractivity contribution in [1.29, 1.82) is 0 Å². The van der Waals surface area contributed by atoms with Crippen molar-refractivity contribution in [2.45, 2.75) is 6.17 Å². The van der Waals surface area contributed by atoms with E-state index in [1.807, 2.05) is 34.9 Å². The molecule has 4 N–H and O–H groups in total. The molecule has 2 aromatic carbocycles. The number of benzene rings is 2. The van der Waals surface area contributed by atoms with E-state index < -0.39 is 0 Å². The fraction of sp³-hybridized carbons (Fsp3) is 0.0667. The fourth-order valence-electron chi connectivity index (χ4n) is 2.71. The maximum absolute atomic E-state index is 6.36. The van der Waals surface area contributed by atoms with Crippen LogP contribution in [0.5, 0.6) is 0 Å². The van der Waals surface area contributed by atoms with E-state index in [2.05, 4.69) is 15.3 Å². The largest absolute Gasteiger partial charge is 0.365 e. The van der Waals surface area contributed by atoms with E-state index in [4.69, 9.17) is 28.9 Å². The van der Waals surface area contributed by atoms with Gasteiger partial charge in [0.2, 0.25) is 6.17 Å². The van der Waals surface area contributed by atoms with Gasteiger partial charge in [-0.1, -0.05) is 41.4 Å². The van der Waals surface area contributed by atoms with E-state index in [1.54, 1.807) is 12.1 Å². The SMILES string of the molecule is NC1=N[C@@H](c2ccc(Cl)cc2Cl)[n+]2c([nH]c3ccccc32)N1. The first kappa shape index (κ1) is 13.4. The Labute approximate surface area is 136 Å². The van der Waals surface area contributed by atoms with Crippen LogP contribution in [0.3, 0.4) is 0 Å². The van der Waals surface area contributed by atoms with Gasteiger partial charge in [-0.15, -0.1) is 0 Å². The summed E-state index contributed by atoms with van der Waals surface area (Å²) in [5.74, 6) is 1.10. The van der Waals surface area contributed by atoms with Crippen LogP contribution in [0.1, 0.15) is 11.7 Å². The van der Waals surface area contributed by atoms with Crippen molar-refractivity contribution < 1.29 is 4.57 Å². The Morgan fingerprint density at radius 2 is 1.95 bits per heavy atom. The van der Waals surface area contributed by atoms with Gasteiger partial charge in [0, 0.05) is 10.6 Å². The first-order chi connectivity index (χ1) is 10.6. The van der Waals surface area contributed by atoms with Crippen LogP contribution in [-0.4, -0.2) is 10.9 Å². The molecule has 2 heterocycles. The molecule has 1 aromatic heterocycles. The van der Waals surface area contributed by atoms with Crippen LogP contribution in [-0.2, 0) is 0 Å². The molecule has 4 rings (SSSR count). The predicted octanol–water partition coefficient (Wildman–Crippen LogP) is 3.05. The molecule has 1 aliphatic heterocycles. The van der Waals surface area contributed by atoms with E-state index >= 15 is 0 Å². The number of para-hydroxylation sites is 2.